The summed E-state index contributed by atoms with van der Waals surface area (Å²) in [5.41, 5.74) is 5.53. The Kier molecular flexibility index (Phi) is 3.38. The van der Waals surface area contributed by atoms with E-state index in [2.05, 4.69) is 15.5 Å². The van der Waals surface area contributed by atoms with E-state index in [1.807, 2.05) is 54.6 Å². The van der Waals surface area contributed by atoms with E-state index >= 15 is 0 Å². The molecular formula is C18H16N4O. The van der Waals surface area contributed by atoms with Crippen LogP contribution >= 0.6 is 0 Å². The maximum Gasteiger partial charge on any atom is 0.261 e. The maximum atomic E-state index is 12.6. The zero-order chi connectivity index (χ0) is 15.6. The molecule has 5 nitrogen and oxygen atoms in total. The summed E-state index contributed by atoms with van der Waals surface area (Å²) in [5, 5.41) is 5.15. The Balaban J connectivity index is 1.80. The van der Waals surface area contributed by atoms with Gasteiger partial charge >= 0.3 is 0 Å². The molecule has 23 heavy (non-hydrogen) atoms. The Hall–Kier alpha value is -2.95. The summed E-state index contributed by atoms with van der Waals surface area (Å²) in [7, 11) is 0. The number of nitrogens with zero attached hydrogens (tertiary/aromatic N) is 3. The molecule has 4 rings (SSSR count). The minimum absolute atomic E-state index is 0.0118. The molecule has 0 bridgehead atoms. The fourth-order valence-corrected chi connectivity index (χ4v) is 2.86. The number of nitrogens with one attached hydrogen (secondary N) is 1. The highest BCUT2D eigenvalue weighted by Crippen LogP contribution is 2.16. The topological polar surface area (TPSA) is 59.3 Å². The molecule has 3 aromatic rings. The zero-order valence-electron chi connectivity index (χ0n) is 12.6. The molecule has 0 saturated carbocycles. The van der Waals surface area contributed by atoms with Gasteiger partial charge in [0, 0.05) is 6.54 Å². The fraction of sp³-hybridized carbons (Fsp3) is 0.167. The van der Waals surface area contributed by atoms with Crippen molar-refractivity contribution in [3.05, 3.63) is 70.8 Å². The molecule has 0 fully saturated rings. The third-order valence-electron chi connectivity index (χ3n) is 4.01. The van der Waals surface area contributed by atoms with Gasteiger partial charge in [0.05, 0.1) is 16.6 Å². The number of benzene rings is 2. The molecule has 114 valence electrons. The smallest absolute Gasteiger partial charge is 0.261 e. The Bertz CT molecular complexity index is 944. The van der Waals surface area contributed by atoms with Crippen LogP contribution in [-0.4, -0.2) is 15.3 Å². The average Bonchev–Trinajstić information content (AvgIpc) is 2.61. The number of para-hydroxylation sites is 2. The van der Waals surface area contributed by atoms with Crippen LogP contribution in [0.2, 0.25) is 0 Å². The van der Waals surface area contributed by atoms with Crippen LogP contribution in [0.4, 0.5) is 5.69 Å². The quantitative estimate of drug-likeness (QED) is 0.740. The Morgan fingerprint density at radius 3 is 2.70 bits per heavy atom. The summed E-state index contributed by atoms with van der Waals surface area (Å²) in [5.74, 6) is 0.670. The van der Waals surface area contributed by atoms with Gasteiger partial charge in [-0.25, -0.2) is 4.98 Å². The normalized spacial score (nSPS) is 15.6. The molecule has 0 spiro atoms. The van der Waals surface area contributed by atoms with Gasteiger partial charge in [0.15, 0.2) is 5.82 Å². The van der Waals surface area contributed by atoms with Crippen LogP contribution in [0.25, 0.3) is 10.9 Å². The van der Waals surface area contributed by atoms with Crippen molar-refractivity contribution >= 4 is 22.3 Å². The third kappa shape index (κ3) is 2.50. The first-order valence-electron chi connectivity index (χ1n) is 7.70. The molecule has 1 aliphatic heterocycles. The monoisotopic (exact) mass is 304 g/mol. The second-order valence-corrected chi connectivity index (χ2v) is 5.55. The zero-order valence-corrected chi connectivity index (χ0v) is 12.6. The molecule has 1 aromatic heterocycles. The minimum Gasteiger partial charge on any atom is -0.291 e. The maximum absolute atomic E-state index is 12.6. The van der Waals surface area contributed by atoms with Crippen LogP contribution in [-0.2, 0) is 6.54 Å². The SMILES string of the molecule is O=c1c2ccccc2nc2n1CCCC2=NNc1ccccc1. The number of aromatic nitrogens is 2. The largest absolute Gasteiger partial charge is 0.291 e. The van der Waals surface area contributed by atoms with Gasteiger partial charge in [-0.1, -0.05) is 30.3 Å². The van der Waals surface area contributed by atoms with Crippen molar-refractivity contribution < 1.29 is 0 Å². The minimum atomic E-state index is 0.0118. The number of fused-ring (bicyclic) bond motifs is 2. The summed E-state index contributed by atoms with van der Waals surface area (Å²) >= 11 is 0. The van der Waals surface area contributed by atoms with Crippen molar-refractivity contribution in [1.82, 2.24) is 9.55 Å². The number of anilines is 1. The van der Waals surface area contributed by atoms with E-state index in [1.54, 1.807) is 4.57 Å². The predicted molar refractivity (Wildman–Crippen MR) is 91.8 cm³/mol. The molecular weight excluding hydrogens is 288 g/mol. The van der Waals surface area contributed by atoms with Crippen molar-refractivity contribution in [3.63, 3.8) is 0 Å². The Labute approximate surface area is 133 Å². The third-order valence-corrected chi connectivity index (χ3v) is 4.01. The van der Waals surface area contributed by atoms with Crippen LogP contribution in [0.1, 0.15) is 18.7 Å². The number of hydrogen-bond acceptors (Lipinski definition) is 4. The highest BCUT2D eigenvalue weighted by Gasteiger charge is 2.20. The van der Waals surface area contributed by atoms with E-state index in [1.165, 1.54) is 0 Å². The van der Waals surface area contributed by atoms with Gasteiger partial charge in [0.1, 0.15) is 5.71 Å². The molecule has 0 atom stereocenters. The van der Waals surface area contributed by atoms with Crippen molar-refractivity contribution in [2.75, 3.05) is 5.43 Å². The van der Waals surface area contributed by atoms with Crippen LogP contribution in [0, 0.1) is 0 Å². The van der Waals surface area contributed by atoms with Gasteiger partial charge in [0.25, 0.3) is 5.56 Å². The summed E-state index contributed by atoms with van der Waals surface area (Å²) in [6.45, 7) is 0.691. The molecule has 1 N–H and O–H groups in total. The molecule has 1 aliphatic rings. The van der Waals surface area contributed by atoms with Crippen LogP contribution in [0.5, 0.6) is 0 Å². The summed E-state index contributed by atoms with van der Waals surface area (Å²) in [6, 6.07) is 17.2. The molecule has 0 aliphatic carbocycles. The first-order valence-corrected chi connectivity index (χ1v) is 7.70. The molecule has 5 heteroatoms. The van der Waals surface area contributed by atoms with E-state index in [9.17, 15) is 4.79 Å². The van der Waals surface area contributed by atoms with Gasteiger partial charge in [-0.15, -0.1) is 0 Å². The average molecular weight is 304 g/mol. The molecule has 0 radical (unpaired) electrons. The lowest BCUT2D eigenvalue weighted by Gasteiger charge is -2.19. The van der Waals surface area contributed by atoms with Gasteiger partial charge < -0.3 is 0 Å². The van der Waals surface area contributed by atoms with E-state index in [0.717, 1.165) is 29.8 Å². The highest BCUT2D eigenvalue weighted by molar-refractivity contribution is 5.99. The standard InChI is InChI=1S/C18H16N4O/c23-18-14-9-4-5-10-15(14)19-17-16(11-6-12-22(17)18)21-20-13-7-2-1-3-8-13/h1-5,7-10,20H,6,11-12H2. The first-order chi connectivity index (χ1) is 11.3. The van der Waals surface area contributed by atoms with Crippen molar-refractivity contribution in [2.24, 2.45) is 5.10 Å². The Morgan fingerprint density at radius 1 is 1.04 bits per heavy atom. The van der Waals surface area contributed by atoms with Gasteiger partial charge in [-0.3, -0.25) is 14.8 Å². The lowest BCUT2D eigenvalue weighted by molar-refractivity contribution is 0.597. The highest BCUT2D eigenvalue weighted by atomic mass is 16.1. The van der Waals surface area contributed by atoms with Crippen molar-refractivity contribution in [3.8, 4) is 0 Å². The van der Waals surface area contributed by atoms with Gasteiger partial charge in [0.2, 0.25) is 0 Å². The van der Waals surface area contributed by atoms with E-state index in [0.29, 0.717) is 17.8 Å². The Morgan fingerprint density at radius 2 is 1.83 bits per heavy atom. The fourth-order valence-electron chi connectivity index (χ4n) is 2.86. The second kappa shape index (κ2) is 5.68. The molecule has 0 unspecified atom stereocenters. The van der Waals surface area contributed by atoms with Gasteiger partial charge in [-0.2, -0.15) is 5.10 Å². The number of rotatable bonds is 2. The van der Waals surface area contributed by atoms with E-state index in [-0.39, 0.29) is 5.56 Å². The first kappa shape index (κ1) is 13.7. The van der Waals surface area contributed by atoms with Gasteiger partial charge in [-0.05, 0) is 37.1 Å². The van der Waals surface area contributed by atoms with Crippen molar-refractivity contribution in [1.29, 1.82) is 0 Å². The lowest BCUT2D eigenvalue weighted by atomic mass is 10.1. The summed E-state index contributed by atoms with van der Waals surface area (Å²) in [6.07, 6.45) is 1.70. The predicted octanol–water partition coefficient (Wildman–Crippen LogP) is 3.01. The molecule has 0 saturated heterocycles. The van der Waals surface area contributed by atoms with Crippen LogP contribution < -0.4 is 11.0 Å². The van der Waals surface area contributed by atoms with E-state index < -0.39 is 0 Å². The summed E-state index contributed by atoms with van der Waals surface area (Å²) in [4.78, 5) is 17.3. The second-order valence-electron chi connectivity index (χ2n) is 5.55. The summed E-state index contributed by atoms with van der Waals surface area (Å²) < 4.78 is 1.73. The molecule has 0 amide bonds. The number of hydrazone groups is 1. The molecule has 2 heterocycles. The molecule has 2 aromatic carbocycles. The lowest BCUT2D eigenvalue weighted by Crippen LogP contribution is -2.32. The van der Waals surface area contributed by atoms with Crippen LogP contribution in [0.15, 0.2) is 64.5 Å². The van der Waals surface area contributed by atoms with E-state index in [4.69, 9.17) is 0 Å². The van der Waals surface area contributed by atoms with Crippen LogP contribution in [0.3, 0.4) is 0 Å². The van der Waals surface area contributed by atoms with Crippen molar-refractivity contribution in [2.45, 2.75) is 19.4 Å². The number of hydrogen-bond donors (Lipinski definition) is 1.